The maximum Gasteiger partial charge on any atom is 0.101 e. The topological polar surface area (TPSA) is 47.3 Å². The van der Waals surface area contributed by atoms with E-state index >= 15 is 0 Å². The van der Waals surface area contributed by atoms with Crippen LogP contribution in [-0.2, 0) is 17.7 Å². The summed E-state index contributed by atoms with van der Waals surface area (Å²) < 4.78 is 6.72. The van der Waals surface area contributed by atoms with Crippen LogP contribution in [0.4, 0.5) is 0 Å². The monoisotopic (exact) mass is 280 g/mol. The quantitative estimate of drug-likeness (QED) is 0.884. The number of benzene rings is 1. The molecule has 1 N–H and O–H groups in total. The molecule has 0 amide bonds. The molecule has 0 radical (unpaired) electrons. The molecular weight excluding hydrogens is 264 g/mol. The third kappa shape index (κ3) is 3.56. The van der Waals surface area contributed by atoms with Gasteiger partial charge in [-0.25, -0.2) is 0 Å². The molecule has 0 aliphatic heterocycles. The first-order valence-corrected chi connectivity index (χ1v) is 6.52. The van der Waals surface area contributed by atoms with Crippen molar-refractivity contribution in [1.29, 1.82) is 0 Å². The summed E-state index contributed by atoms with van der Waals surface area (Å²) in [6.07, 6.45) is 1.40. The first kappa shape index (κ1) is 14.1. The minimum Gasteiger partial charge on any atom is -0.386 e. The molecule has 0 aliphatic carbocycles. The Labute approximate surface area is 117 Å². The van der Waals surface area contributed by atoms with Crippen LogP contribution in [0.25, 0.3) is 0 Å². The van der Waals surface area contributed by atoms with Gasteiger partial charge in [0.2, 0.25) is 0 Å². The number of aliphatic hydroxyl groups excluding tert-OH is 1. The van der Waals surface area contributed by atoms with Gasteiger partial charge in [-0.15, -0.1) is 0 Å². The lowest BCUT2D eigenvalue weighted by Crippen LogP contribution is -2.14. The summed E-state index contributed by atoms with van der Waals surface area (Å²) in [4.78, 5) is 0. The van der Waals surface area contributed by atoms with Crippen LogP contribution in [0.2, 0.25) is 5.02 Å². The Morgan fingerprint density at radius 1 is 1.37 bits per heavy atom. The number of methoxy groups -OCH3 is 1. The van der Waals surface area contributed by atoms with E-state index in [0.29, 0.717) is 30.3 Å². The Hall–Kier alpha value is -1.36. The van der Waals surface area contributed by atoms with E-state index in [2.05, 4.69) is 5.10 Å². The summed E-state index contributed by atoms with van der Waals surface area (Å²) in [6, 6.07) is 9.81. The molecule has 0 saturated carbocycles. The highest BCUT2D eigenvalue weighted by Gasteiger charge is 2.18. The van der Waals surface area contributed by atoms with Crippen LogP contribution >= 0.6 is 11.6 Å². The normalized spacial score (nSPS) is 12.6. The second-order valence-electron chi connectivity index (χ2n) is 4.30. The van der Waals surface area contributed by atoms with Crippen molar-refractivity contribution < 1.29 is 9.84 Å². The lowest BCUT2D eigenvalue weighted by Gasteiger charge is -2.14. The molecule has 2 aromatic rings. The molecule has 4 nitrogen and oxygen atoms in total. The van der Waals surface area contributed by atoms with Crippen LogP contribution in [0.1, 0.15) is 17.4 Å². The predicted molar refractivity (Wildman–Crippen MR) is 74.2 cm³/mol. The summed E-state index contributed by atoms with van der Waals surface area (Å²) in [7, 11) is 1.63. The van der Waals surface area contributed by atoms with Crippen molar-refractivity contribution in [2.75, 3.05) is 13.7 Å². The minimum atomic E-state index is -0.672. The zero-order valence-corrected chi connectivity index (χ0v) is 11.5. The first-order valence-electron chi connectivity index (χ1n) is 6.14. The van der Waals surface area contributed by atoms with Crippen molar-refractivity contribution in [2.45, 2.75) is 19.1 Å². The zero-order valence-electron chi connectivity index (χ0n) is 10.8. The molecule has 0 bridgehead atoms. The Morgan fingerprint density at radius 2 is 2.11 bits per heavy atom. The third-order valence-electron chi connectivity index (χ3n) is 2.93. The largest absolute Gasteiger partial charge is 0.386 e. The van der Waals surface area contributed by atoms with E-state index in [1.165, 1.54) is 0 Å². The number of rotatable bonds is 6. The van der Waals surface area contributed by atoms with Gasteiger partial charge >= 0.3 is 0 Å². The summed E-state index contributed by atoms with van der Waals surface area (Å²) in [5, 5.41) is 15.0. The van der Waals surface area contributed by atoms with Crippen LogP contribution < -0.4 is 0 Å². The molecule has 1 aromatic carbocycles. The molecule has 1 unspecified atom stereocenters. The minimum absolute atomic E-state index is 0.486. The van der Waals surface area contributed by atoms with Gasteiger partial charge in [0, 0.05) is 13.5 Å². The molecule has 1 heterocycles. The standard InChI is InChI=1S/C14H17ClN2O2/c1-19-8-7-17-14(12(15)10-16-17)13(18)9-11-5-3-2-4-6-11/h2-6,10,13,18H,7-9H2,1H3. The summed E-state index contributed by atoms with van der Waals surface area (Å²) in [5.74, 6) is 0. The van der Waals surface area contributed by atoms with Gasteiger partial charge in [0.1, 0.15) is 6.10 Å². The van der Waals surface area contributed by atoms with Crippen LogP contribution in [0.5, 0.6) is 0 Å². The Kier molecular flexibility index (Phi) is 4.96. The van der Waals surface area contributed by atoms with E-state index in [-0.39, 0.29) is 0 Å². The van der Waals surface area contributed by atoms with Gasteiger partial charge in [-0.1, -0.05) is 41.9 Å². The lowest BCUT2D eigenvalue weighted by atomic mass is 10.1. The van der Waals surface area contributed by atoms with Crippen LogP contribution in [0.15, 0.2) is 36.5 Å². The fourth-order valence-electron chi connectivity index (χ4n) is 1.99. The molecule has 2 rings (SSSR count). The molecular formula is C14H17ClN2O2. The summed E-state index contributed by atoms with van der Waals surface area (Å²) >= 11 is 6.10. The fraction of sp³-hybridized carbons (Fsp3) is 0.357. The van der Waals surface area contributed by atoms with Crippen LogP contribution in [0.3, 0.4) is 0 Å². The van der Waals surface area contributed by atoms with Crippen molar-refractivity contribution in [3.8, 4) is 0 Å². The average molecular weight is 281 g/mol. The van der Waals surface area contributed by atoms with Crippen molar-refractivity contribution in [3.05, 3.63) is 52.8 Å². The molecule has 5 heteroatoms. The molecule has 0 spiro atoms. The Morgan fingerprint density at radius 3 is 2.79 bits per heavy atom. The maximum atomic E-state index is 10.3. The van der Waals surface area contributed by atoms with E-state index in [1.54, 1.807) is 18.0 Å². The number of aromatic nitrogens is 2. The van der Waals surface area contributed by atoms with Gasteiger partial charge in [0.15, 0.2) is 0 Å². The highest BCUT2D eigenvalue weighted by molar-refractivity contribution is 6.31. The van der Waals surface area contributed by atoms with E-state index in [0.717, 1.165) is 5.56 Å². The number of aliphatic hydroxyl groups is 1. The highest BCUT2D eigenvalue weighted by atomic mass is 35.5. The zero-order chi connectivity index (χ0) is 13.7. The van der Waals surface area contributed by atoms with E-state index in [1.807, 2.05) is 30.3 Å². The van der Waals surface area contributed by atoms with Crippen LogP contribution in [0, 0.1) is 0 Å². The molecule has 0 fully saturated rings. The van der Waals surface area contributed by atoms with Crippen molar-refractivity contribution in [3.63, 3.8) is 0 Å². The van der Waals surface area contributed by atoms with Gasteiger partial charge in [0.25, 0.3) is 0 Å². The molecule has 19 heavy (non-hydrogen) atoms. The lowest BCUT2D eigenvalue weighted by molar-refractivity contribution is 0.153. The molecule has 1 atom stereocenters. The number of halogens is 1. The van der Waals surface area contributed by atoms with E-state index in [4.69, 9.17) is 16.3 Å². The van der Waals surface area contributed by atoms with Gasteiger partial charge < -0.3 is 9.84 Å². The summed E-state index contributed by atoms with van der Waals surface area (Å²) in [5.41, 5.74) is 1.70. The molecule has 0 saturated heterocycles. The van der Waals surface area contributed by atoms with E-state index in [9.17, 15) is 5.11 Å². The molecule has 0 aliphatic rings. The van der Waals surface area contributed by atoms with Gasteiger partial charge in [-0.05, 0) is 5.56 Å². The molecule has 1 aromatic heterocycles. The van der Waals surface area contributed by atoms with Gasteiger partial charge in [-0.3, -0.25) is 4.68 Å². The van der Waals surface area contributed by atoms with Crippen molar-refractivity contribution in [1.82, 2.24) is 9.78 Å². The number of nitrogens with zero attached hydrogens (tertiary/aromatic N) is 2. The molecule has 102 valence electrons. The number of hydrogen-bond acceptors (Lipinski definition) is 3. The van der Waals surface area contributed by atoms with Crippen molar-refractivity contribution in [2.24, 2.45) is 0 Å². The maximum absolute atomic E-state index is 10.3. The Balaban J connectivity index is 2.14. The second kappa shape index (κ2) is 6.70. The fourth-order valence-corrected chi connectivity index (χ4v) is 2.26. The third-order valence-corrected chi connectivity index (χ3v) is 3.22. The SMILES string of the molecule is COCCn1ncc(Cl)c1C(O)Cc1ccccc1. The van der Waals surface area contributed by atoms with Crippen LogP contribution in [-0.4, -0.2) is 28.6 Å². The number of ether oxygens (including phenoxy) is 1. The predicted octanol–water partition coefficient (Wildman–Crippen LogP) is 2.46. The van der Waals surface area contributed by atoms with E-state index < -0.39 is 6.10 Å². The van der Waals surface area contributed by atoms with Gasteiger partial charge in [0.05, 0.1) is 30.1 Å². The average Bonchev–Trinajstić information content (AvgIpc) is 2.78. The highest BCUT2D eigenvalue weighted by Crippen LogP contribution is 2.25. The smallest absolute Gasteiger partial charge is 0.101 e. The number of hydrogen-bond donors (Lipinski definition) is 1. The second-order valence-corrected chi connectivity index (χ2v) is 4.71. The summed E-state index contributed by atoms with van der Waals surface area (Å²) in [6.45, 7) is 1.10. The van der Waals surface area contributed by atoms with Gasteiger partial charge in [-0.2, -0.15) is 5.10 Å². The Bertz CT molecular complexity index is 513. The first-order chi connectivity index (χ1) is 9.22. The van der Waals surface area contributed by atoms with Crippen molar-refractivity contribution >= 4 is 11.6 Å².